The first kappa shape index (κ1) is 99.2. The highest BCUT2D eigenvalue weighted by atomic mass is 19.1. The quantitative estimate of drug-likeness (QED) is 0.138. The smallest absolute Gasteiger partial charge is 0.154 e. The molecular formula is C124H133F3N6O4. The molecule has 0 spiro atoms. The van der Waals surface area contributed by atoms with E-state index in [-0.39, 0.29) is 69.3 Å². The number of hydrogen-bond donors (Lipinski definition) is 1. The minimum Gasteiger partial charge on any atom is -0.497 e. The fourth-order valence-electron chi connectivity index (χ4n) is 18.8. The summed E-state index contributed by atoms with van der Waals surface area (Å²) in [5, 5.41) is 31.8. The minimum atomic E-state index is -1.24. The molecule has 704 valence electrons. The predicted molar refractivity (Wildman–Crippen MR) is 572 cm³/mol. The highest BCUT2D eigenvalue weighted by Gasteiger charge is 2.37. The summed E-state index contributed by atoms with van der Waals surface area (Å²) in [6.07, 6.45) is 0. The van der Waals surface area contributed by atoms with E-state index in [9.17, 15) is 19.3 Å². The van der Waals surface area contributed by atoms with Crippen LogP contribution in [0.5, 0.6) is 23.0 Å². The molecule has 4 heterocycles. The summed E-state index contributed by atoms with van der Waals surface area (Å²) in [7, 11) is 6.37. The molecule has 0 unspecified atom stereocenters. The molecule has 0 bridgehead atoms. The highest BCUT2D eigenvalue weighted by molar-refractivity contribution is 6.17. The number of fused-ring (bicyclic) bond motifs is 12. The van der Waals surface area contributed by atoms with Crippen molar-refractivity contribution in [3.8, 4) is 96.7 Å². The van der Waals surface area contributed by atoms with Crippen molar-refractivity contribution in [2.45, 2.75) is 224 Å². The van der Waals surface area contributed by atoms with Gasteiger partial charge in [0.15, 0.2) is 11.6 Å². The molecule has 0 saturated heterocycles. The van der Waals surface area contributed by atoms with E-state index in [2.05, 4.69) is 385 Å². The fraction of sp³-hybridized carbons (Fsp3) is 0.306. The Bertz CT molecular complexity index is 7220. The number of benzene rings is 14. The number of hydrogen-bond acceptors (Lipinski definition) is 6. The fourth-order valence-corrected chi connectivity index (χ4v) is 18.8. The van der Waals surface area contributed by atoms with Gasteiger partial charge in [-0.15, -0.1) is 0 Å². The molecule has 14 aromatic carbocycles. The van der Waals surface area contributed by atoms with Gasteiger partial charge in [0.05, 0.1) is 89.7 Å². The summed E-state index contributed by atoms with van der Waals surface area (Å²) < 4.78 is 74.1. The average molecular weight is 1830 g/mol. The third-order valence-electron chi connectivity index (χ3n) is 27.0. The lowest BCUT2D eigenvalue weighted by Gasteiger charge is -2.29. The number of nitriles is 2. The molecule has 0 aliphatic heterocycles. The van der Waals surface area contributed by atoms with E-state index in [0.29, 0.717) is 17.1 Å². The predicted octanol–water partition coefficient (Wildman–Crippen LogP) is 34.5. The first-order valence-corrected chi connectivity index (χ1v) is 46.7. The van der Waals surface area contributed by atoms with Gasteiger partial charge in [-0.3, -0.25) is 0 Å². The lowest BCUT2D eigenvalue weighted by atomic mass is 9.85. The molecule has 18 rings (SSSR count). The molecule has 137 heavy (non-hydrogen) atoms. The van der Waals surface area contributed by atoms with Crippen LogP contribution in [0.1, 0.15) is 237 Å². The Hall–Kier alpha value is -13.8. The molecule has 10 nitrogen and oxygen atoms in total. The van der Waals surface area contributed by atoms with Crippen LogP contribution in [0.4, 0.5) is 13.2 Å². The van der Waals surface area contributed by atoms with E-state index < -0.39 is 34.1 Å². The number of aromatic nitrogens is 4. The van der Waals surface area contributed by atoms with Crippen LogP contribution < -0.4 is 18.9 Å². The lowest BCUT2D eigenvalue weighted by molar-refractivity contribution is 0.414. The number of aromatic amines is 1. The van der Waals surface area contributed by atoms with Crippen LogP contribution in [-0.2, 0) is 43.3 Å². The van der Waals surface area contributed by atoms with Crippen molar-refractivity contribution in [1.29, 1.82) is 10.5 Å². The SMILES string of the molecule is C.C.CC(C)(C)c1ccc2[nH]c3ccc(C(C)(C)C)cc3c2c1.COc1ccc(-c2c(-n3c4ccc(C(C)(C)C)cc4c4cc(C(C)(C)C)ccc43)c(C#N)c(-n3c4ccc(C(C)(C)C)cc4c4cc(C(C)(C)C)ccc43)c(-c3ccc(OC)cc3)c2-n2c3ccc(C(C)(C)C)cc3c3cc(C(C)(C)C)ccc32)cc1.COc1ccc(-c2c(F)c(C#N)c(F)c(-c3ccc(OC)cc3)c2F)cc1. The summed E-state index contributed by atoms with van der Waals surface area (Å²) >= 11 is 0. The summed E-state index contributed by atoms with van der Waals surface area (Å²) in [6, 6.07) is 89.4. The molecule has 0 aliphatic rings. The number of methoxy groups -OCH3 is 4. The average Bonchev–Trinajstić information content (AvgIpc) is 1.55. The first-order chi connectivity index (χ1) is 63.5. The Labute approximate surface area is 808 Å². The summed E-state index contributed by atoms with van der Waals surface area (Å²) in [4.78, 5) is 3.54. The van der Waals surface area contributed by atoms with Crippen molar-refractivity contribution in [3.63, 3.8) is 0 Å². The first-order valence-electron chi connectivity index (χ1n) is 46.7. The number of ether oxygens (including phenoxy) is 4. The van der Waals surface area contributed by atoms with E-state index in [1.165, 1.54) is 146 Å². The second-order valence-corrected chi connectivity index (χ2v) is 44.4. The molecule has 0 atom stereocenters. The van der Waals surface area contributed by atoms with Gasteiger partial charge in [-0.2, -0.15) is 10.5 Å². The largest absolute Gasteiger partial charge is 0.497 e. The van der Waals surface area contributed by atoms with Gasteiger partial charge in [0.1, 0.15) is 52.1 Å². The monoisotopic (exact) mass is 1830 g/mol. The van der Waals surface area contributed by atoms with Gasteiger partial charge in [-0.05, 0) is 256 Å². The number of rotatable bonds is 11. The zero-order chi connectivity index (χ0) is 97.4. The van der Waals surface area contributed by atoms with Crippen LogP contribution in [-0.4, -0.2) is 47.1 Å². The van der Waals surface area contributed by atoms with Gasteiger partial charge >= 0.3 is 0 Å². The molecule has 1 N–H and O–H groups in total. The topological polar surface area (TPSA) is 115 Å². The maximum atomic E-state index is 15.2. The lowest BCUT2D eigenvalue weighted by Crippen LogP contribution is -2.14. The number of nitrogens with one attached hydrogen (secondary N) is 1. The van der Waals surface area contributed by atoms with Crippen molar-refractivity contribution >= 4 is 87.2 Å². The molecule has 4 aromatic heterocycles. The summed E-state index contributed by atoms with van der Waals surface area (Å²) in [5.74, 6) is -1.09. The van der Waals surface area contributed by atoms with Crippen molar-refractivity contribution in [2.75, 3.05) is 28.4 Å². The Balaban J connectivity index is 0.000000242. The third kappa shape index (κ3) is 18.4. The second-order valence-electron chi connectivity index (χ2n) is 44.4. The molecule has 0 aliphatic carbocycles. The van der Waals surface area contributed by atoms with Crippen molar-refractivity contribution in [1.82, 2.24) is 18.7 Å². The Kier molecular flexibility index (Phi) is 26.4. The zero-order valence-electron chi connectivity index (χ0n) is 83.6. The van der Waals surface area contributed by atoms with Crippen LogP contribution in [0.3, 0.4) is 0 Å². The van der Waals surface area contributed by atoms with Crippen LogP contribution in [0.15, 0.2) is 243 Å². The molecule has 0 amide bonds. The zero-order valence-corrected chi connectivity index (χ0v) is 83.6. The summed E-state index contributed by atoms with van der Waals surface area (Å²) in [6.45, 7) is 54.9. The number of nitrogens with zero attached hydrogens (tertiary/aromatic N) is 5. The van der Waals surface area contributed by atoms with E-state index in [0.717, 1.165) is 105 Å². The molecule has 0 radical (unpaired) electrons. The standard InChI is InChI=1S/C81H86N4O2.C21H14F3NO2.C20H25N.2CH4/c1-76(2,3)50-25-35-65-58(41-50)59-42-51(77(4,5)6)26-36-66(59)83(65)73-64(47-82)74(84-67-37-27-52(78(7,8)9)43-60(67)61-44-53(79(10,11)12)28-38-68(61)84)72(49-23-33-57(87-20)34-24-49)75(71(73)48-21-31-56(86-19)32-22-48)85-69-39-29-54(80(13,14)15)45-62(69)63-46-55(81(16,17)18)30-40-70(63)85;1-26-14-7-3-12(4-8-14)17-19(22)16(11-25)20(23)18(21(17)24)13-5-9-15(27-2)10-6-13;1-19(2,3)13-7-9-17-15(11-13)16-12-14(20(4,5)6)8-10-18(16)21-17;;/h21-46H,1-20H3;3-10H,1-2H3;7-12,21H,1-6H3;2*1H4. The minimum absolute atomic E-state index is 0. The summed E-state index contributed by atoms with van der Waals surface area (Å²) in [5.41, 5.74) is 23.8. The normalized spacial score (nSPS) is 12.4. The van der Waals surface area contributed by atoms with Crippen LogP contribution in [0.2, 0.25) is 0 Å². The Morgan fingerprint density at radius 1 is 0.234 bits per heavy atom. The molecule has 13 heteroatoms. The van der Waals surface area contributed by atoms with Crippen LogP contribution in [0.25, 0.3) is 149 Å². The van der Waals surface area contributed by atoms with Crippen LogP contribution in [0, 0.1) is 40.1 Å². The van der Waals surface area contributed by atoms with Gasteiger partial charge in [0.2, 0.25) is 0 Å². The number of H-pyrrole nitrogens is 1. The van der Waals surface area contributed by atoms with E-state index in [1.807, 2.05) is 0 Å². The maximum Gasteiger partial charge on any atom is 0.154 e. The van der Waals surface area contributed by atoms with Gasteiger partial charge in [-0.25, -0.2) is 13.2 Å². The molecule has 0 fully saturated rings. The van der Waals surface area contributed by atoms with E-state index in [4.69, 9.17) is 18.9 Å². The van der Waals surface area contributed by atoms with E-state index in [1.54, 1.807) is 14.2 Å². The van der Waals surface area contributed by atoms with E-state index >= 15 is 4.39 Å². The molecule has 18 aromatic rings. The second kappa shape index (κ2) is 36.4. The molecular weight excluding hydrogens is 1690 g/mol. The van der Waals surface area contributed by atoms with Gasteiger partial charge in [0, 0.05) is 65.3 Å². The number of halogens is 3. The van der Waals surface area contributed by atoms with Crippen molar-refractivity contribution < 1.29 is 32.1 Å². The Morgan fingerprint density at radius 2 is 0.423 bits per heavy atom. The van der Waals surface area contributed by atoms with Crippen LogP contribution >= 0.6 is 0 Å². The van der Waals surface area contributed by atoms with Crippen molar-refractivity contribution in [3.05, 3.63) is 316 Å². The maximum absolute atomic E-state index is 15.2. The Morgan fingerprint density at radius 3 is 0.620 bits per heavy atom. The van der Waals surface area contributed by atoms with Gasteiger partial charge in [0.25, 0.3) is 0 Å². The van der Waals surface area contributed by atoms with Crippen molar-refractivity contribution in [2.24, 2.45) is 0 Å². The van der Waals surface area contributed by atoms with Gasteiger partial charge < -0.3 is 37.6 Å². The van der Waals surface area contributed by atoms with Gasteiger partial charge in [-0.1, -0.05) is 278 Å². The highest BCUT2D eigenvalue weighted by Crippen LogP contribution is 2.55. The third-order valence-corrected chi connectivity index (χ3v) is 27.0. The molecule has 0 saturated carbocycles.